The minimum absolute atomic E-state index is 0.202. The number of rotatable bonds is 16. The minimum atomic E-state index is -0.839. The Kier molecular flexibility index (Phi) is 26.2. The maximum absolute atomic E-state index is 10.4. The van der Waals surface area contributed by atoms with Crippen LogP contribution >= 0.6 is 12.0 Å². The summed E-state index contributed by atoms with van der Waals surface area (Å²) >= 11 is 0.431. The van der Waals surface area contributed by atoms with Crippen LogP contribution in [0.2, 0.25) is 13.3 Å². The second kappa shape index (κ2) is 23.7. The molecule has 0 bridgehead atoms. The molecule has 0 aromatic carbocycles. The molecule has 0 spiro atoms. The molecule has 4 heteroatoms. The van der Waals surface area contributed by atoms with Gasteiger partial charge in [0.15, 0.2) is 0 Å². The van der Waals surface area contributed by atoms with E-state index in [1.54, 1.807) is 13.3 Å². The zero-order chi connectivity index (χ0) is 20.0. The molecule has 0 heterocycles. The molecule has 0 fully saturated rings. The van der Waals surface area contributed by atoms with Gasteiger partial charge in [-0.25, -0.2) is 0 Å². The predicted molar refractivity (Wildman–Crippen MR) is 122 cm³/mol. The Labute approximate surface area is 176 Å². The third-order valence-corrected chi connectivity index (χ3v) is 14.2. The van der Waals surface area contributed by atoms with Gasteiger partial charge in [0.25, 0.3) is 0 Å². The molecular weight excluding hydrogens is 447 g/mol. The van der Waals surface area contributed by atoms with Crippen LogP contribution in [0.1, 0.15) is 106 Å². The number of carbonyl (C=O) groups excluding carboxylic acids is 1. The van der Waals surface area contributed by atoms with Gasteiger partial charge in [-0.3, -0.25) is 4.79 Å². The van der Waals surface area contributed by atoms with Crippen LogP contribution in [0.3, 0.4) is 0 Å². The van der Waals surface area contributed by atoms with Crippen LogP contribution in [0.4, 0.5) is 0 Å². The Bertz CT molecular complexity index is 266. The average Bonchev–Trinajstić information content (AvgIpc) is 2.60. The molecule has 0 saturated carbocycles. The van der Waals surface area contributed by atoms with Crippen LogP contribution in [0.15, 0.2) is 0 Å². The molecule has 0 atom stereocenters. The van der Waals surface area contributed by atoms with Crippen LogP contribution < -0.4 is 0 Å². The molecule has 0 aliphatic heterocycles. The number of hydrogen-bond acceptors (Lipinski definition) is 3. The van der Waals surface area contributed by atoms with Crippen molar-refractivity contribution in [2.75, 3.05) is 5.75 Å². The summed E-state index contributed by atoms with van der Waals surface area (Å²) < 4.78 is 9.79. The summed E-state index contributed by atoms with van der Waals surface area (Å²) in [6, 6.07) is 0. The zero-order valence-corrected chi connectivity index (χ0v) is 22.4. The number of unbranched alkanes of at least 4 members (excludes halogenated alkanes) is 5. The average molecular weight is 494 g/mol. The quantitative estimate of drug-likeness (QED) is 0.123. The first-order chi connectivity index (χ1) is 12.5. The van der Waals surface area contributed by atoms with Gasteiger partial charge in [-0.05, 0) is 12.3 Å². The van der Waals surface area contributed by atoms with Crippen molar-refractivity contribution in [1.29, 1.82) is 0 Å². The molecule has 0 unspecified atom stereocenters. The van der Waals surface area contributed by atoms with E-state index in [1.165, 1.54) is 76.8 Å². The first-order valence-corrected chi connectivity index (χ1v) is 18.1. The second-order valence-corrected chi connectivity index (χ2v) is 17.1. The number of hydrogen-bond donors (Lipinski definition) is 0. The summed E-state index contributed by atoms with van der Waals surface area (Å²) in [6.45, 7) is 12.9. The van der Waals surface area contributed by atoms with Crippen molar-refractivity contribution in [1.82, 2.24) is 0 Å². The van der Waals surface area contributed by atoms with Gasteiger partial charge in [0.1, 0.15) is 0 Å². The third-order valence-electron chi connectivity index (χ3n) is 4.34. The summed E-state index contributed by atoms with van der Waals surface area (Å²) in [7, 11) is 0. The fraction of sp³-hybridized carbons (Fsp3) is 0.955. The van der Waals surface area contributed by atoms with Crippen LogP contribution in [-0.4, -0.2) is 31.5 Å². The molecule has 1 radical (unpaired) electrons. The summed E-state index contributed by atoms with van der Waals surface area (Å²) in [6.07, 6.45) is 13.8. The first kappa shape index (κ1) is 28.8. The fourth-order valence-electron chi connectivity index (χ4n) is 2.67. The van der Waals surface area contributed by atoms with Gasteiger partial charge in [-0.15, -0.1) is 0 Å². The summed E-state index contributed by atoms with van der Waals surface area (Å²) in [5, 5.41) is 0. The van der Waals surface area contributed by atoms with Crippen molar-refractivity contribution >= 4 is 37.8 Å². The molecular formula is C22H47O2SSn. The molecule has 0 rings (SSSR count). The van der Waals surface area contributed by atoms with Gasteiger partial charge in [-0.2, -0.15) is 0 Å². The normalized spacial score (nSPS) is 10.8. The molecule has 0 aliphatic carbocycles. The monoisotopic (exact) mass is 495 g/mol. The molecule has 0 N–H and O–H groups in total. The van der Waals surface area contributed by atoms with Crippen molar-refractivity contribution in [3.05, 3.63) is 0 Å². The van der Waals surface area contributed by atoms with Crippen molar-refractivity contribution in [3.8, 4) is 0 Å². The SMILES string of the molecule is CC(=O)OSCCCCCC(C)C.CCC[CH2][Sn]([CH2]CCC)[CH2]CCC. The molecule has 0 aromatic heterocycles. The standard InChI is InChI=1S/C10H20O2S.3C4H9.Sn/c1-9(2)7-5-4-6-8-13-12-10(3)11;3*1-3-4-2;/h9H,4-8H2,1-3H3;3*1,3-4H2,2H3;. The van der Waals surface area contributed by atoms with Crippen molar-refractivity contribution in [2.45, 2.75) is 119 Å². The first-order valence-electron chi connectivity index (χ1n) is 11.1. The molecule has 0 aromatic rings. The van der Waals surface area contributed by atoms with Gasteiger partial charge in [0.05, 0.1) is 12.0 Å². The van der Waals surface area contributed by atoms with Crippen LogP contribution in [0, 0.1) is 5.92 Å². The van der Waals surface area contributed by atoms with E-state index in [4.69, 9.17) is 4.18 Å². The summed E-state index contributed by atoms with van der Waals surface area (Å²) in [5.41, 5.74) is 0. The van der Waals surface area contributed by atoms with Gasteiger partial charge in [-0.1, -0.05) is 33.1 Å². The summed E-state index contributed by atoms with van der Waals surface area (Å²) in [4.78, 5) is 10.4. The Morgan fingerprint density at radius 1 is 0.846 bits per heavy atom. The molecule has 2 nitrogen and oxygen atoms in total. The maximum atomic E-state index is 10.4. The van der Waals surface area contributed by atoms with E-state index >= 15 is 0 Å². The van der Waals surface area contributed by atoms with Crippen molar-refractivity contribution < 1.29 is 8.98 Å². The molecule has 157 valence electrons. The predicted octanol–water partition coefficient (Wildman–Crippen LogP) is 8.30. The van der Waals surface area contributed by atoms with Gasteiger partial charge < -0.3 is 4.18 Å². The van der Waals surface area contributed by atoms with E-state index in [0.29, 0.717) is 0 Å². The zero-order valence-electron chi connectivity index (χ0n) is 18.7. The van der Waals surface area contributed by atoms with Crippen LogP contribution in [0.25, 0.3) is 0 Å². The van der Waals surface area contributed by atoms with Crippen molar-refractivity contribution in [2.24, 2.45) is 5.92 Å². The van der Waals surface area contributed by atoms with E-state index in [-0.39, 0.29) is 5.97 Å². The van der Waals surface area contributed by atoms with Crippen LogP contribution in [-0.2, 0) is 8.98 Å². The summed E-state index contributed by atoms with van der Waals surface area (Å²) in [5.74, 6) is 1.53. The van der Waals surface area contributed by atoms with E-state index in [0.717, 1.165) is 18.1 Å². The number of carbonyl (C=O) groups is 1. The van der Waals surface area contributed by atoms with E-state index in [9.17, 15) is 4.79 Å². The van der Waals surface area contributed by atoms with Gasteiger partial charge >= 0.3 is 98.3 Å². The topological polar surface area (TPSA) is 26.3 Å². The second-order valence-electron chi connectivity index (χ2n) is 7.70. The Hall–Kier alpha value is 0.619. The fourth-order valence-corrected chi connectivity index (χ4v) is 12.7. The van der Waals surface area contributed by atoms with Gasteiger partial charge in [0.2, 0.25) is 0 Å². The van der Waals surface area contributed by atoms with E-state index in [1.807, 2.05) is 0 Å². The Balaban J connectivity index is 0. The molecule has 0 amide bonds. The Morgan fingerprint density at radius 2 is 1.35 bits per heavy atom. The molecule has 0 aliphatic rings. The Morgan fingerprint density at radius 3 is 1.73 bits per heavy atom. The van der Waals surface area contributed by atoms with Crippen LogP contribution in [0.5, 0.6) is 0 Å². The van der Waals surface area contributed by atoms with E-state index < -0.39 is 19.8 Å². The van der Waals surface area contributed by atoms with Gasteiger partial charge in [0, 0.05) is 12.7 Å². The van der Waals surface area contributed by atoms with Crippen molar-refractivity contribution in [3.63, 3.8) is 0 Å². The van der Waals surface area contributed by atoms with E-state index in [2.05, 4.69) is 34.6 Å². The third kappa shape index (κ3) is 26.8. The molecule has 0 saturated heterocycles. The molecule has 26 heavy (non-hydrogen) atoms.